The van der Waals surface area contributed by atoms with E-state index < -0.39 is 23.9 Å². The maximum absolute atomic E-state index is 11.8. The summed E-state index contributed by atoms with van der Waals surface area (Å²) >= 11 is 0. The van der Waals surface area contributed by atoms with Crippen molar-refractivity contribution in [2.24, 2.45) is 5.92 Å². The summed E-state index contributed by atoms with van der Waals surface area (Å²) in [5.41, 5.74) is 0. The summed E-state index contributed by atoms with van der Waals surface area (Å²) in [5.74, 6) is -2.85. The number of hydrogen-bond donors (Lipinski definition) is 0. The molecule has 30 heavy (non-hydrogen) atoms. The molecule has 0 bridgehead atoms. The molecule has 1 aliphatic rings. The van der Waals surface area contributed by atoms with Crippen LogP contribution in [-0.2, 0) is 38.1 Å². The van der Waals surface area contributed by atoms with Crippen LogP contribution in [0.4, 0.5) is 0 Å². The van der Waals surface area contributed by atoms with Gasteiger partial charge in [0.15, 0.2) is 0 Å². The van der Waals surface area contributed by atoms with E-state index in [-0.39, 0.29) is 32.3 Å². The number of hydrogen-bond acceptors (Lipinski definition) is 9. The summed E-state index contributed by atoms with van der Waals surface area (Å²) in [7, 11) is 0. The van der Waals surface area contributed by atoms with Crippen LogP contribution in [0.25, 0.3) is 0 Å². The minimum absolute atomic E-state index is 0.0252. The molecule has 0 aromatic heterocycles. The molecule has 1 aliphatic heterocycles. The van der Waals surface area contributed by atoms with Crippen molar-refractivity contribution in [3.05, 3.63) is 24.3 Å². The van der Waals surface area contributed by atoms with Gasteiger partial charge in [-0.05, 0) is 39.8 Å². The first kappa shape index (κ1) is 25.4. The van der Waals surface area contributed by atoms with Crippen molar-refractivity contribution in [2.75, 3.05) is 46.1 Å². The first-order valence-corrected chi connectivity index (χ1v) is 10.2. The quantitative estimate of drug-likeness (QED) is 0.260. The molecule has 0 unspecified atom stereocenters. The first-order valence-electron chi connectivity index (χ1n) is 10.2. The number of rotatable bonds is 12. The Morgan fingerprint density at radius 3 is 1.50 bits per heavy atom. The number of ether oxygens (including phenoxy) is 4. The lowest BCUT2D eigenvalue weighted by Gasteiger charge is -2.30. The van der Waals surface area contributed by atoms with E-state index >= 15 is 0 Å². The van der Waals surface area contributed by atoms with E-state index in [0.29, 0.717) is 6.54 Å². The molecule has 9 heteroatoms. The van der Waals surface area contributed by atoms with Crippen LogP contribution in [0.15, 0.2) is 24.3 Å². The van der Waals surface area contributed by atoms with Crippen molar-refractivity contribution < 1.29 is 38.1 Å². The summed E-state index contributed by atoms with van der Waals surface area (Å²) in [4.78, 5) is 48.4. The van der Waals surface area contributed by atoms with E-state index in [0.717, 1.165) is 50.2 Å². The highest BCUT2D eigenvalue weighted by molar-refractivity contribution is 5.92. The molecule has 1 rings (SSSR count). The summed E-state index contributed by atoms with van der Waals surface area (Å²) < 4.78 is 19.8. The van der Waals surface area contributed by atoms with Crippen molar-refractivity contribution in [3.8, 4) is 0 Å². The van der Waals surface area contributed by atoms with Gasteiger partial charge in [-0.2, -0.15) is 0 Å². The maximum atomic E-state index is 11.8. The van der Waals surface area contributed by atoms with E-state index in [1.54, 1.807) is 13.8 Å². The summed E-state index contributed by atoms with van der Waals surface area (Å²) in [5, 5.41) is 0. The predicted octanol–water partition coefficient (Wildman–Crippen LogP) is 1.41. The minimum Gasteiger partial charge on any atom is -0.463 e. The van der Waals surface area contributed by atoms with Crippen molar-refractivity contribution in [1.82, 2.24) is 4.90 Å². The lowest BCUT2D eigenvalue weighted by Crippen LogP contribution is -2.37. The highest BCUT2D eigenvalue weighted by Crippen LogP contribution is 2.12. The topological polar surface area (TPSA) is 108 Å². The molecule has 9 nitrogen and oxygen atoms in total. The molecule has 168 valence electrons. The third-order valence-electron chi connectivity index (χ3n) is 4.17. The van der Waals surface area contributed by atoms with Crippen LogP contribution < -0.4 is 0 Å². The fourth-order valence-electron chi connectivity index (χ4n) is 2.81. The van der Waals surface area contributed by atoms with Crippen LogP contribution in [0.1, 0.15) is 33.1 Å². The average molecular weight is 425 g/mol. The Bertz CT molecular complexity index is 578. The van der Waals surface area contributed by atoms with Gasteiger partial charge in [0.05, 0.1) is 26.4 Å². The van der Waals surface area contributed by atoms with Crippen LogP contribution in [0, 0.1) is 5.92 Å². The van der Waals surface area contributed by atoms with Gasteiger partial charge in [-0.3, -0.25) is 0 Å². The number of carbonyl (C=O) groups excluding carboxylic acids is 4. The standard InChI is InChI=1S/C21H31NO8/c1-3-27-18(23)8-10-20(25)29-15-17(14-22-12-6-5-7-13-22)16-30-21(26)11-9-19(24)28-4-2/h8-11,17H,3-7,12-16H2,1-2H3/b10-8+,11-9+. The number of esters is 4. The fraction of sp³-hybridized carbons (Fsp3) is 0.619. The van der Waals surface area contributed by atoms with Crippen LogP contribution in [0.3, 0.4) is 0 Å². The largest absolute Gasteiger partial charge is 0.463 e. The number of nitrogens with zero attached hydrogens (tertiary/aromatic N) is 1. The van der Waals surface area contributed by atoms with Crippen LogP contribution >= 0.6 is 0 Å². The molecule has 0 aliphatic carbocycles. The molecule has 1 fully saturated rings. The maximum Gasteiger partial charge on any atom is 0.331 e. The average Bonchev–Trinajstić information content (AvgIpc) is 2.73. The van der Waals surface area contributed by atoms with Gasteiger partial charge in [0.1, 0.15) is 0 Å². The fourth-order valence-corrected chi connectivity index (χ4v) is 2.81. The van der Waals surface area contributed by atoms with Gasteiger partial charge < -0.3 is 23.8 Å². The molecular formula is C21H31NO8. The third kappa shape index (κ3) is 12.0. The summed E-state index contributed by atoms with van der Waals surface area (Å²) in [6.07, 6.45) is 7.39. The molecule has 0 radical (unpaired) electrons. The number of carbonyl (C=O) groups is 4. The molecule has 0 amide bonds. The second kappa shape index (κ2) is 15.2. The second-order valence-corrected chi connectivity index (χ2v) is 6.66. The van der Waals surface area contributed by atoms with E-state index in [1.807, 2.05) is 0 Å². The lowest BCUT2D eigenvalue weighted by atomic mass is 10.1. The molecule has 1 heterocycles. The number of piperidine rings is 1. The zero-order valence-electron chi connectivity index (χ0n) is 17.7. The van der Waals surface area contributed by atoms with Crippen LogP contribution in [-0.4, -0.2) is 74.8 Å². The Balaban J connectivity index is 2.54. The van der Waals surface area contributed by atoms with Gasteiger partial charge in [-0.1, -0.05) is 6.42 Å². The molecule has 0 aromatic carbocycles. The van der Waals surface area contributed by atoms with Gasteiger partial charge in [0.25, 0.3) is 0 Å². The third-order valence-corrected chi connectivity index (χ3v) is 4.17. The molecule has 0 spiro atoms. The monoisotopic (exact) mass is 425 g/mol. The molecule has 1 saturated heterocycles. The smallest absolute Gasteiger partial charge is 0.331 e. The van der Waals surface area contributed by atoms with Gasteiger partial charge >= 0.3 is 23.9 Å². The van der Waals surface area contributed by atoms with Crippen molar-refractivity contribution in [2.45, 2.75) is 33.1 Å². The van der Waals surface area contributed by atoms with Crippen LogP contribution in [0.5, 0.6) is 0 Å². The van der Waals surface area contributed by atoms with E-state index in [9.17, 15) is 19.2 Å². The summed E-state index contributed by atoms with van der Waals surface area (Å²) in [6.45, 7) is 6.28. The van der Waals surface area contributed by atoms with Gasteiger partial charge in [-0.25, -0.2) is 19.2 Å². The van der Waals surface area contributed by atoms with Gasteiger partial charge in [0, 0.05) is 36.8 Å². The SMILES string of the molecule is CCOC(=O)/C=C/C(=O)OCC(COC(=O)/C=C/C(=O)OCC)CN1CCCCC1. The Hall–Kier alpha value is -2.68. The Morgan fingerprint density at radius 2 is 1.10 bits per heavy atom. The van der Waals surface area contributed by atoms with E-state index in [4.69, 9.17) is 18.9 Å². The van der Waals surface area contributed by atoms with Crippen molar-refractivity contribution in [3.63, 3.8) is 0 Å². The summed E-state index contributed by atoms with van der Waals surface area (Å²) in [6, 6.07) is 0. The Kier molecular flexibility index (Phi) is 12.8. The highest BCUT2D eigenvalue weighted by atomic mass is 16.6. The van der Waals surface area contributed by atoms with Crippen molar-refractivity contribution in [1.29, 1.82) is 0 Å². The van der Waals surface area contributed by atoms with E-state index in [2.05, 4.69) is 4.90 Å². The molecular weight excluding hydrogens is 394 g/mol. The molecule has 0 N–H and O–H groups in total. The normalized spacial score (nSPS) is 14.8. The zero-order chi connectivity index (χ0) is 22.2. The zero-order valence-corrected chi connectivity index (χ0v) is 17.7. The van der Waals surface area contributed by atoms with Gasteiger partial charge in [0.2, 0.25) is 0 Å². The van der Waals surface area contributed by atoms with Crippen LogP contribution in [0.2, 0.25) is 0 Å². The van der Waals surface area contributed by atoms with Crippen molar-refractivity contribution >= 4 is 23.9 Å². The Morgan fingerprint density at radius 1 is 0.700 bits per heavy atom. The predicted molar refractivity (Wildman–Crippen MR) is 107 cm³/mol. The van der Waals surface area contributed by atoms with E-state index in [1.165, 1.54) is 6.42 Å². The molecule has 0 aromatic rings. The first-order chi connectivity index (χ1) is 14.4. The lowest BCUT2D eigenvalue weighted by molar-refractivity contribution is -0.145. The molecule has 0 saturated carbocycles. The number of likely N-dealkylation sites (tertiary alicyclic amines) is 1. The minimum atomic E-state index is -0.680. The van der Waals surface area contributed by atoms with Gasteiger partial charge in [-0.15, -0.1) is 0 Å². The highest BCUT2D eigenvalue weighted by Gasteiger charge is 2.19. The Labute approximate surface area is 177 Å². The second-order valence-electron chi connectivity index (χ2n) is 6.66. The molecule has 0 atom stereocenters.